The fourth-order valence-corrected chi connectivity index (χ4v) is 10.4. The number of allylic oxidation sites excluding steroid dienone is 12. The molecule has 0 unspecified atom stereocenters. The van der Waals surface area contributed by atoms with Gasteiger partial charge in [0.1, 0.15) is 0 Å². The highest BCUT2D eigenvalue weighted by Crippen LogP contribution is 2.49. The lowest BCUT2D eigenvalue weighted by atomic mass is 9.63. The van der Waals surface area contributed by atoms with Gasteiger partial charge in [0.05, 0.1) is 5.69 Å². The van der Waals surface area contributed by atoms with Gasteiger partial charge in [-0.3, -0.25) is 0 Å². The number of anilines is 1. The molecule has 0 N–H and O–H groups in total. The first-order valence-corrected chi connectivity index (χ1v) is 24.3. The van der Waals surface area contributed by atoms with E-state index >= 15 is 0 Å². The number of hydrogen-bond acceptors (Lipinski definition) is 3. The molecule has 5 rings (SSSR count). The van der Waals surface area contributed by atoms with E-state index < -0.39 is 0 Å². The minimum Gasteiger partial charge on any atom is -0.342 e. The molecule has 0 fully saturated rings. The summed E-state index contributed by atoms with van der Waals surface area (Å²) in [6.07, 6.45) is 34.5. The summed E-state index contributed by atoms with van der Waals surface area (Å²) in [5, 5.41) is 1.40. The molecule has 0 bridgehead atoms. The highest BCUT2D eigenvalue weighted by molar-refractivity contribution is 7.29. The van der Waals surface area contributed by atoms with Crippen LogP contribution in [0.2, 0.25) is 0 Å². The number of thiophene rings is 1. The maximum absolute atomic E-state index is 2.72. The third-order valence-corrected chi connectivity index (χ3v) is 14.9. The molecule has 1 aromatic carbocycles. The molecule has 3 aliphatic rings. The van der Waals surface area contributed by atoms with E-state index in [2.05, 4.69) is 201 Å². The topological polar surface area (TPSA) is 6.48 Å². The molecule has 2 nitrogen and oxygen atoms in total. The molecule has 0 spiro atoms. The van der Waals surface area contributed by atoms with Crippen LogP contribution in [0.25, 0.3) is 10.1 Å². The van der Waals surface area contributed by atoms with Crippen molar-refractivity contribution in [1.82, 2.24) is 4.90 Å². The molecule has 2 aromatic rings. The number of hydrogen-bond donors (Lipinski definition) is 0. The molecule has 0 saturated heterocycles. The molecule has 1 aliphatic heterocycles. The van der Waals surface area contributed by atoms with Gasteiger partial charge in [-0.1, -0.05) is 151 Å². The summed E-state index contributed by atoms with van der Waals surface area (Å²) in [5.41, 5.74) is 13.2. The zero-order valence-electron chi connectivity index (χ0n) is 41.1. The minimum absolute atomic E-state index is 0.0902. The SMILES string of the molecule is C/C=C\C1=C/CN(C2=C/CC(C)(C)CCC(C)(C)C/C=C\2C)c2c(sc3cc4c(cc23)C(C)(C)CCC4(C)C)[B]C(/C=C\CCC)=C(/C)N1C/C=C\C(=C/CC)C(C)(C)C. The molecule has 2 heterocycles. The lowest BCUT2D eigenvalue weighted by Gasteiger charge is -2.42. The van der Waals surface area contributed by atoms with E-state index in [-0.39, 0.29) is 27.1 Å². The van der Waals surface area contributed by atoms with Gasteiger partial charge >= 0.3 is 0 Å². The predicted molar refractivity (Wildman–Crippen MR) is 271 cm³/mol. The summed E-state index contributed by atoms with van der Waals surface area (Å²) in [7, 11) is 2.55. The van der Waals surface area contributed by atoms with E-state index in [0.717, 1.165) is 45.2 Å². The van der Waals surface area contributed by atoms with Crippen LogP contribution in [-0.2, 0) is 10.8 Å². The fraction of sp³-hybridized carbons (Fsp3) is 0.571. The Morgan fingerprint density at radius 3 is 2.05 bits per heavy atom. The maximum Gasteiger partial charge on any atom is 0.210 e. The third-order valence-electron chi connectivity index (χ3n) is 13.8. The van der Waals surface area contributed by atoms with Crippen molar-refractivity contribution in [3.63, 3.8) is 0 Å². The van der Waals surface area contributed by atoms with E-state index in [0.29, 0.717) is 0 Å². The number of rotatable bonds is 9. The summed E-state index contributed by atoms with van der Waals surface area (Å²) >= 11 is 2.00. The average Bonchev–Trinajstić information content (AvgIpc) is 3.52. The van der Waals surface area contributed by atoms with Gasteiger partial charge in [-0.2, -0.15) is 0 Å². The molecule has 2 aliphatic carbocycles. The average molecular weight is 826 g/mol. The van der Waals surface area contributed by atoms with Crippen LogP contribution in [0.1, 0.15) is 180 Å². The lowest BCUT2D eigenvalue weighted by Crippen LogP contribution is -2.34. The van der Waals surface area contributed by atoms with Crippen molar-refractivity contribution in [3.8, 4) is 0 Å². The van der Waals surface area contributed by atoms with Crippen LogP contribution in [0, 0.1) is 16.2 Å². The Morgan fingerprint density at radius 2 is 1.45 bits per heavy atom. The summed E-state index contributed by atoms with van der Waals surface area (Å²) in [4.78, 5) is 5.28. The zero-order valence-corrected chi connectivity index (χ0v) is 41.9. The van der Waals surface area contributed by atoms with Gasteiger partial charge in [0.25, 0.3) is 0 Å². The van der Waals surface area contributed by atoms with Crippen molar-refractivity contribution in [2.24, 2.45) is 16.2 Å². The molecule has 0 saturated carbocycles. The standard InChI is InChI=1S/C56H82BN2S/c1-17-20-21-26-47-41(5)58(36-22-25-42(23-18-2)52(6,7)8)43(24-19-3)29-37-59(48-28-31-54(11,12)33-32-53(9,10)30-27-40(48)4)50-44-38-45-46(39-49(44)60-51(50)57-47)56(15,16)35-34-55(45,13)14/h19,21-29,38-39H,17-18,20,30-37H2,1-16H3/b24-19-,25-22-,26-21-,40-27-,42-23+,43-29+,47-41-,48-28+. The summed E-state index contributed by atoms with van der Waals surface area (Å²) in [6.45, 7) is 39.7. The van der Waals surface area contributed by atoms with Gasteiger partial charge in [0.15, 0.2) is 0 Å². The Hall–Kier alpha value is -3.24. The first-order chi connectivity index (χ1) is 28.0. The number of fused-ring (bicyclic) bond motifs is 4. The largest absolute Gasteiger partial charge is 0.342 e. The van der Waals surface area contributed by atoms with Gasteiger partial charge in [0.2, 0.25) is 7.28 Å². The summed E-state index contributed by atoms with van der Waals surface area (Å²) in [6, 6.07) is 5.23. The van der Waals surface area contributed by atoms with Crippen LogP contribution < -0.4 is 9.68 Å². The van der Waals surface area contributed by atoms with Crippen LogP contribution in [0.5, 0.6) is 0 Å². The molecule has 4 heteroatoms. The zero-order chi connectivity index (χ0) is 44.3. The molecule has 1 aromatic heterocycles. The lowest BCUT2D eigenvalue weighted by molar-refractivity contribution is 0.241. The Labute approximate surface area is 373 Å². The van der Waals surface area contributed by atoms with E-state index in [1.165, 1.54) is 91.1 Å². The predicted octanol–water partition coefficient (Wildman–Crippen LogP) is 16.1. The molecule has 0 amide bonds. The highest BCUT2D eigenvalue weighted by atomic mass is 32.1. The second-order valence-electron chi connectivity index (χ2n) is 22.1. The molecular formula is C56H82BN2S. The van der Waals surface area contributed by atoms with Crippen molar-refractivity contribution in [1.29, 1.82) is 0 Å². The van der Waals surface area contributed by atoms with Gasteiger partial charge in [-0.25, -0.2) is 0 Å². The Morgan fingerprint density at radius 1 is 0.817 bits per heavy atom. The van der Waals surface area contributed by atoms with Gasteiger partial charge in [-0.05, 0) is 151 Å². The first-order valence-electron chi connectivity index (χ1n) is 23.5. The number of unbranched alkanes of at least 4 members (excludes halogenated alkanes) is 1. The summed E-state index contributed by atoms with van der Waals surface area (Å²) < 4.78 is 2.75. The fourth-order valence-electron chi connectivity index (χ4n) is 9.26. The van der Waals surface area contributed by atoms with Crippen molar-refractivity contribution in [2.45, 2.75) is 179 Å². The Bertz CT molecular complexity index is 2110. The number of nitrogens with zero attached hydrogens (tertiary/aromatic N) is 2. The van der Waals surface area contributed by atoms with Gasteiger partial charge in [0, 0.05) is 40.3 Å². The second-order valence-corrected chi connectivity index (χ2v) is 23.2. The Kier molecular flexibility index (Phi) is 15.2. The van der Waals surface area contributed by atoms with E-state index in [1.54, 1.807) is 0 Å². The van der Waals surface area contributed by atoms with E-state index in [9.17, 15) is 0 Å². The molecule has 0 atom stereocenters. The van der Waals surface area contributed by atoms with E-state index in [4.69, 9.17) is 0 Å². The van der Waals surface area contributed by atoms with Gasteiger partial charge < -0.3 is 9.80 Å². The monoisotopic (exact) mass is 826 g/mol. The van der Waals surface area contributed by atoms with Crippen LogP contribution in [0.15, 0.2) is 107 Å². The highest BCUT2D eigenvalue weighted by Gasteiger charge is 2.38. The van der Waals surface area contributed by atoms with Crippen molar-refractivity contribution >= 4 is 39.2 Å². The second kappa shape index (κ2) is 19.0. The smallest absolute Gasteiger partial charge is 0.210 e. The van der Waals surface area contributed by atoms with Crippen LogP contribution in [0.4, 0.5) is 5.69 Å². The quantitative estimate of drug-likeness (QED) is 0.184. The first kappa shape index (κ1) is 47.8. The van der Waals surface area contributed by atoms with Crippen LogP contribution in [0.3, 0.4) is 0 Å². The molecule has 325 valence electrons. The number of benzene rings is 1. The molecule has 1 radical (unpaired) electrons. The van der Waals surface area contributed by atoms with Crippen molar-refractivity contribution in [3.05, 3.63) is 118 Å². The maximum atomic E-state index is 2.72. The van der Waals surface area contributed by atoms with Crippen LogP contribution in [-0.4, -0.2) is 25.3 Å². The van der Waals surface area contributed by atoms with Gasteiger partial charge in [-0.15, -0.1) is 11.3 Å². The Balaban J connectivity index is 1.86. The summed E-state index contributed by atoms with van der Waals surface area (Å²) in [5.74, 6) is 0. The molecular weight excluding hydrogens is 744 g/mol. The minimum atomic E-state index is 0.0902. The van der Waals surface area contributed by atoms with Crippen molar-refractivity contribution < 1.29 is 0 Å². The normalized spacial score (nSPS) is 25.3. The van der Waals surface area contributed by atoms with Crippen molar-refractivity contribution in [2.75, 3.05) is 18.0 Å². The van der Waals surface area contributed by atoms with Crippen LogP contribution >= 0.6 is 11.3 Å². The van der Waals surface area contributed by atoms with E-state index in [1.807, 2.05) is 11.3 Å². The molecule has 60 heavy (non-hydrogen) atoms. The third kappa shape index (κ3) is 11.2.